The Morgan fingerprint density at radius 3 is 2.22 bits per heavy atom. The second kappa shape index (κ2) is 8.28. The molecule has 1 saturated heterocycles. The molecule has 0 aliphatic carbocycles. The Bertz CT molecular complexity index is 868. The molecule has 1 atom stereocenters. The van der Waals surface area contributed by atoms with Gasteiger partial charge in [0.1, 0.15) is 0 Å². The molecule has 0 spiro atoms. The predicted molar refractivity (Wildman–Crippen MR) is 115 cm³/mol. The van der Waals surface area contributed by atoms with Crippen molar-refractivity contribution >= 4 is 40.4 Å². The van der Waals surface area contributed by atoms with Crippen LogP contribution in [0.25, 0.3) is 5.57 Å². The third-order valence-electron chi connectivity index (χ3n) is 5.17. The zero-order valence-corrected chi connectivity index (χ0v) is 17.2. The van der Waals surface area contributed by atoms with Gasteiger partial charge >= 0.3 is 0 Å². The standard InChI is InChI=1S/C22H21Cl3N2/c23-17-8-6-16(7-9-17)19-5-4-14-27(26-12-2-1-3-13-26)22(19)20-11-10-18(24)15-21(20)25/h4-11,14-15,22H,1-3,12-13H2. The molecule has 5 heteroatoms. The highest BCUT2D eigenvalue weighted by Gasteiger charge is 2.31. The Hall–Kier alpha value is -1.45. The first-order valence-electron chi connectivity index (χ1n) is 9.26. The third-order valence-corrected chi connectivity index (χ3v) is 5.98. The molecule has 2 aromatic rings. The third kappa shape index (κ3) is 4.05. The maximum atomic E-state index is 6.64. The van der Waals surface area contributed by atoms with E-state index >= 15 is 0 Å². The van der Waals surface area contributed by atoms with Gasteiger partial charge in [-0.15, -0.1) is 0 Å². The Morgan fingerprint density at radius 2 is 1.52 bits per heavy atom. The number of hydrogen-bond donors (Lipinski definition) is 0. The lowest BCUT2D eigenvalue weighted by Gasteiger charge is -2.44. The van der Waals surface area contributed by atoms with Crippen LogP contribution in [0.4, 0.5) is 0 Å². The molecule has 1 fully saturated rings. The lowest BCUT2D eigenvalue weighted by Crippen LogP contribution is -2.45. The molecule has 140 valence electrons. The molecular formula is C22H21Cl3N2. The van der Waals surface area contributed by atoms with Gasteiger partial charge in [0.15, 0.2) is 0 Å². The number of halogens is 3. The van der Waals surface area contributed by atoms with E-state index in [1.54, 1.807) is 0 Å². The molecule has 0 amide bonds. The Labute approximate surface area is 175 Å². The topological polar surface area (TPSA) is 6.48 Å². The van der Waals surface area contributed by atoms with E-state index in [-0.39, 0.29) is 6.04 Å². The summed E-state index contributed by atoms with van der Waals surface area (Å²) in [5.41, 5.74) is 3.39. The highest BCUT2D eigenvalue weighted by atomic mass is 35.5. The van der Waals surface area contributed by atoms with Gasteiger partial charge in [0.25, 0.3) is 0 Å². The fourth-order valence-corrected chi connectivity index (χ4v) is 4.49. The summed E-state index contributed by atoms with van der Waals surface area (Å²) >= 11 is 18.9. The molecule has 1 unspecified atom stereocenters. The molecule has 2 aliphatic rings. The molecule has 0 bridgehead atoms. The summed E-state index contributed by atoms with van der Waals surface area (Å²) in [6.45, 7) is 2.11. The lowest BCUT2D eigenvalue weighted by atomic mass is 9.90. The van der Waals surface area contributed by atoms with E-state index in [2.05, 4.69) is 40.5 Å². The van der Waals surface area contributed by atoms with Crippen LogP contribution in [-0.4, -0.2) is 23.1 Å². The predicted octanol–water partition coefficient (Wildman–Crippen LogP) is 7.00. The quantitative estimate of drug-likeness (QED) is 0.528. The van der Waals surface area contributed by atoms with Crippen LogP contribution in [0.1, 0.15) is 36.4 Å². The van der Waals surface area contributed by atoms with Crippen LogP contribution < -0.4 is 0 Å². The maximum absolute atomic E-state index is 6.64. The van der Waals surface area contributed by atoms with Crippen molar-refractivity contribution in [3.8, 4) is 0 Å². The summed E-state index contributed by atoms with van der Waals surface area (Å²) in [5, 5.41) is 6.83. The number of benzene rings is 2. The molecule has 4 rings (SSSR count). The summed E-state index contributed by atoms with van der Waals surface area (Å²) in [7, 11) is 0. The fourth-order valence-electron chi connectivity index (χ4n) is 3.85. The van der Waals surface area contributed by atoms with E-state index in [1.165, 1.54) is 24.8 Å². The Morgan fingerprint density at radius 1 is 0.815 bits per heavy atom. The Kier molecular flexibility index (Phi) is 5.79. The summed E-state index contributed by atoms with van der Waals surface area (Å²) in [5.74, 6) is 0. The largest absolute Gasteiger partial charge is 0.301 e. The molecule has 2 heterocycles. The first kappa shape index (κ1) is 18.9. The van der Waals surface area contributed by atoms with E-state index in [1.807, 2.05) is 30.3 Å². The van der Waals surface area contributed by atoms with Crippen LogP contribution in [-0.2, 0) is 0 Å². The molecule has 2 nitrogen and oxygen atoms in total. The number of allylic oxidation sites excluding steroid dienone is 2. The van der Waals surface area contributed by atoms with E-state index in [9.17, 15) is 0 Å². The van der Waals surface area contributed by atoms with Crippen LogP contribution in [0.2, 0.25) is 15.1 Å². The molecule has 0 radical (unpaired) electrons. The zero-order chi connectivity index (χ0) is 18.8. The molecule has 27 heavy (non-hydrogen) atoms. The highest BCUT2D eigenvalue weighted by Crippen LogP contribution is 2.42. The highest BCUT2D eigenvalue weighted by molar-refractivity contribution is 6.35. The van der Waals surface area contributed by atoms with Crippen molar-refractivity contribution in [1.82, 2.24) is 10.0 Å². The summed E-state index contributed by atoms with van der Waals surface area (Å²) in [6, 6.07) is 13.8. The average molecular weight is 420 g/mol. The molecular weight excluding hydrogens is 399 g/mol. The van der Waals surface area contributed by atoms with Crippen LogP contribution in [0.15, 0.2) is 60.8 Å². The molecule has 0 saturated carbocycles. The first-order valence-corrected chi connectivity index (χ1v) is 10.4. The summed E-state index contributed by atoms with van der Waals surface area (Å²) in [4.78, 5) is 0. The van der Waals surface area contributed by atoms with Crippen molar-refractivity contribution in [2.24, 2.45) is 0 Å². The number of nitrogens with zero attached hydrogens (tertiary/aromatic N) is 2. The summed E-state index contributed by atoms with van der Waals surface area (Å²) < 4.78 is 0. The average Bonchev–Trinajstić information content (AvgIpc) is 2.69. The van der Waals surface area contributed by atoms with Crippen molar-refractivity contribution in [2.45, 2.75) is 25.3 Å². The number of hydrazine groups is 1. The van der Waals surface area contributed by atoms with Gasteiger partial charge < -0.3 is 5.01 Å². The SMILES string of the molecule is Clc1ccc(C2=CC=CN(N3CCCCC3)C2c2ccc(Cl)cc2Cl)cc1. The molecule has 2 aromatic carbocycles. The minimum Gasteiger partial charge on any atom is -0.301 e. The smallest absolute Gasteiger partial charge is 0.0970 e. The second-order valence-corrected chi connectivity index (χ2v) is 8.21. The fraction of sp³-hybridized carbons (Fsp3) is 0.273. The van der Waals surface area contributed by atoms with Crippen molar-refractivity contribution in [2.75, 3.05) is 13.1 Å². The van der Waals surface area contributed by atoms with E-state index < -0.39 is 0 Å². The van der Waals surface area contributed by atoms with Gasteiger partial charge in [-0.3, -0.25) is 0 Å². The monoisotopic (exact) mass is 418 g/mol. The second-order valence-electron chi connectivity index (χ2n) is 6.93. The van der Waals surface area contributed by atoms with Gasteiger partial charge in [-0.1, -0.05) is 65.5 Å². The number of hydrogen-bond acceptors (Lipinski definition) is 2. The van der Waals surface area contributed by atoms with Crippen molar-refractivity contribution in [1.29, 1.82) is 0 Å². The van der Waals surface area contributed by atoms with Gasteiger partial charge in [0, 0.05) is 34.4 Å². The Balaban J connectivity index is 1.79. The van der Waals surface area contributed by atoms with Gasteiger partial charge in [-0.2, -0.15) is 0 Å². The van der Waals surface area contributed by atoms with Gasteiger partial charge in [-0.25, -0.2) is 5.01 Å². The van der Waals surface area contributed by atoms with Crippen LogP contribution in [0.5, 0.6) is 0 Å². The first-order chi connectivity index (χ1) is 13.1. The van der Waals surface area contributed by atoms with Crippen LogP contribution in [0.3, 0.4) is 0 Å². The van der Waals surface area contributed by atoms with Crippen LogP contribution in [0, 0.1) is 0 Å². The minimum absolute atomic E-state index is 0.000887. The number of piperidine rings is 1. The zero-order valence-electron chi connectivity index (χ0n) is 14.9. The van der Waals surface area contributed by atoms with Gasteiger partial charge in [0.05, 0.1) is 6.04 Å². The van der Waals surface area contributed by atoms with Crippen molar-refractivity contribution < 1.29 is 0 Å². The molecule has 0 N–H and O–H groups in total. The normalized spacial score (nSPS) is 20.6. The maximum Gasteiger partial charge on any atom is 0.0970 e. The summed E-state index contributed by atoms with van der Waals surface area (Å²) in [6.07, 6.45) is 10.1. The van der Waals surface area contributed by atoms with Gasteiger partial charge in [0.2, 0.25) is 0 Å². The molecule has 0 aromatic heterocycles. The van der Waals surface area contributed by atoms with E-state index in [4.69, 9.17) is 34.8 Å². The van der Waals surface area contributed by atoms with E-state index in [0.29, 0.717) is 10.0 Å². The number of rotatable bonds is 3. The van der Waals surface area contributed by atoms with Crippen molar-refractivity contribution in [3.05, 3.63) is 87.0 Å². The van der Waals surface area contributed by atoms with Crippen molar-refractivity contribution in [3.63, 3.8) is 0 Å². The minimum atomic E-state index is -0.000887. The molecule has 2 aliphatic heterocycles. The van der Waals surface area contributed by atoms with Crippen LogP contribution >= 0.6 is 34.8 Å². The van der Waals surface area contributed by atoms with Gasteiger partial charge in [-0.05, 0) is 59.9 Å². The lowest BCUT2D eigenvalue weighted by molar-refractivity contribution is -0.0158. The van der Waals surface area contributed by atoms with E-state index in [0.717, 1.165) is 29.2 Å².